The van der Waals surface area contributed by atoms with Crippen molar-refractivity contribution >= 4 is 45.5 Å². The van der Waals surface area contributed by atoms with Crippen LogP contribution in [0, 0.1) is 0 Å². The number of piperazine rings is 1. The maximum absolute atomic E-state index is 12.3. The summed E-state index contributed by atoms with van der Waals surface area (Å²) >= 11 is 7.09. The molecule has 0 radical (unpaired) electrons. The maximum Gasteiger partial charge on any atom is 0.246 e. The number of aromatic hydroxyl groups is 1. The lowest BCUT2D eigenvalue weighted by molar-refractivity contribution is -0.127. The molecule has 7 nitrogen and oxygen atoms in total. The summed E-state index contributed by atoms with van der Waals surface area (Å²) in [7, 11) is 0. The second-order valence-corrected chi connectivity index (χ2v) is 11.2. The van der Waals surface area contributed by atoms with Crippen molar-refractivity contribution in [1.82, 2.24) is 9.80 Å². The summed E-state index contributed by atoms with van der Waals surface area (Å²) in [6.45, 7) is 8.19. The van der Waals surface area contributed by atoms with E-state index in [0.717, 1.165) is 56.7 Å². The van der Waals surface area contributed by atoms with Crippen molar-refractivity contribution in [3.05, 3.63) is 102 Å². The van der Waals surface area contributed by atoms with E-state index in [2.05, 4.69) is 41.5 Å². The second kappa shape index (κ2) is 10.5. The standard InChI is InChI=1S/C34H31ClN4O3/c1-3-31-24-11-7-8-12-29(24)39-30-20-26(25-18-22(40)17-21-9-5-6-10-23(21)25)28(35)19-27(30)33(36-34(39)42-31)38-15-13-37(14-16-38)32(41)4-2/h4-12,17-20,31,34,40H,2-3,13-16H2,1H3/t31-,34?/m1/s1. The van der Waals surface area contributed by atoms with Gasteiger partial charge in [0.2, 0.25) is 12.3 Å². The fourth-order valence-corrected chi connectivity index (χ4v) is 6.66. The summed E-state index contributed by atoms with van der Waals surface area (Å²) in [5.41, 5.74) is 5.69. The smallest absolute Gasteiger partial charge is 0.246 e. The van der Waals surface area contributed by atoms with Crippen LogP contribution in [-0.2, 0) is 9.53 Å². The van der Waals surface area contributed by atoms with Crippen LogP contribution in [0.1, 0.15) is 30.6 Å². The van der Waals surface area contributed by atoms with Crippen molar-refractivity contribution in [3.8, 4) is 16.9 Å². The molecule has 0 saturated carbocycles. The molecule has 212 valence electrons. The molecule has 1 unspecified atom stereocenters. The molecule has 4 aromatic rings. The number of amides is 1. The Bertz CT molecular complexity index is 1760. The lowest BCUT2D eigenvalue weighted by atomic mass is 9.94. The summed E-state index contributed by atoms with van der Waals surface area (Å²) < 4.78 is 6.65. The van der Waals surface area contributed by atoms with Crippen molar-refractivity contribution in [2.75, 3.05) is 31.1 Å². The molecule has 0 bridgehead atoms. The molecular formula is C34H31ClN4O3. The molecule has 1 fully saturated rings. The first-order valence-corrected chi connectivity index (χ1v) is 14.7. The first-order valence-electron chi connectivity index (χ1n) is 14.3. The van der Waals surface area contributed by atoms with Crippen LogP contribution in [0.25, 0.3) is 21.9 Å². The van der Waals surface area contributed by atoms with Gasteiger partial charge in [0.1, 0.15) is 11.6 Å². The van der Waals surface area contributed by atoms with E-state index in [4.69, 9.17) is 21.3 Å². The number of carbonyl (C=O) groups excluding carboxylic acids is 1. The zero-order valence-electron chi connectivity index (χ0n) is 23.3. The van der Waals surface area contributed by atoms with Crippen LogP contribution in [0.3, 0.4) is 0 Å². The van der Waals surface area contributed by atoms with Crippen LogP contribution in [0.2, 0.25) is 5.02 Å². The predicted molar refractivity (Wildman–Crippen MR) is 167 cm³/mol. The number of ether oxygens (including phenoxy) is 1. The van der Waals surface area contributed by atoms with Crippen molar-refractivity contribution in [1.29, 1.82) is 0 Å². The summed E-state index contributed by atoms with van der Waals surface area (Å²) in [4.78, 5) is 23.6. The van der Waals surface area contributed by atoms with Crippen molar-refractivity contribution < 1.29 is 14.6 Å². The normalized spacial score (nSPS) is 19.6. The highest BCUT2D eigenvalue weighted by molar-refractivity contribution is 6.34. The Kier molecular flexibility index (Phi) is 6.64. The fourth-order valence-electron chi connectivity index (χ4n) is 6.39. The third-order valence-electron chi connectivity index (χ3n) is 8.44. The number of benzene rings is 4. The molecule has 1 saturated heterocycles. The van der Waals surface area contributed by atoms with Gasteiger partial charge in [-0.15, -0.1) is 0 Å². The third kappa shape index (κ3) is 4.32. The summed E-state index contributed by atoms with van der Waals surface area (Å²) in [5, 5.41) is 13.1. The van der Waals surface area contributed by atoms with Crippen molar-refractivity contribution in [2.24, 2.45) is 4.99 Å². The number of fused-ring (bicyclic) bond motifs is 6. The number of phenols is 1. The molecule has 4 aromatic carbocycles. The topological polar surface area (TPSA) is 68.6 Å². The van der Waals surface area contributed by atoms with Crippen LogP contribution in [0.15, 0.2) is 90.4 Å². The van der Waals surface area contributed by atoms with Gasteiger partial charge in [-0.1, -0.05) is 67.6 Å². The fraction of sp³-hybridized carbons (Fsp3) is 0.235. The summed E-state index contributed by atoms with van der Waals surface area (Å²) in [6.07, 6.45) is 1.54. The number of hydrogen-bond acceptors (Lipinski definition) is 6. The van der Waals surface area contributed by atoms with Crippen LogP contribution in [-0.4, -0.2) is 59.2 Å². The molecule has 42 heavy (non-hydrogen) atoms. The van der Waals surface area contributed by atoms with E-state index in [1.165, 1.54) is 6.08 Å². The van der Waals surface area contributed by atoms with Gasteiger partial charge in [0.25, 0.3) is 0 Å². The van der Waals surface area contributed by atoms with E-state index in [1.807, 2.05) is 47.4 Å². The molecule has 3 aliphatic rings. The molecule has 0 aromatic heterocycles. The Balaban J connectivity index is 1.41. The van der Waals surface area contributed by atoms with Gasteiger partial charge in [0.05, 0.1) is 17.5 Å². The van der Waals surface area contributed by atoms with Gasteiger partial charge in [-0.2, -0.15) is 0 Å². The minimum Gasteiger partial charge on any atom is -0.508 e. The molecule has 2 atom stereocenters. The molecule has 3 aliphatic heterocycles. The molecule has 3 heterocycles. The number of phenolic OH excluding ortho intramolecular Hbond substituents is 1. The number of halogens is 1. The highest BCUT2D eigenvalue weighted by Crippen LogP contribution is 2.49. The average Bonchev–Trinajstić information content (AvgIpc) is 3.02. The van der Waals surface area contributed by atoms with Gasteiger partial charge in [0.15, 0.2) is 0 Å². The average molecular weight is 579 g/mol. The number of carbonyl (C=O) groups is 1. The number of aliphatic imine (C=N–C) groups is 1. The number of anilines is 2. The Labute approximate surface area is 249 Å². The number of hydrogen-bond donors (Lipinski definition) is 1. The lowest BCUT2D eigenvalue weighted by Crippen LogP contribution is -2.52. The van der Waals surface area contributed by atoms with Gasteiger partial charge < -0.3 is 19.6 Å². The third-order valence-corrected chi connectivity index (χ3v) is 8.75. The Morgan fingerprint density at radius 2 is 1.76 bits per heavy atom. The molecule has 1 amide bonds. The largest absolute Gasteiger partial charge is 0.508 e. The maximum atomic E-state index is 12.3. The van der Waals surface area contributed by atoms with Gasteiger partial charge in [-0.25, -0.2) is 4.99 Å². The van der Waals surface area contributed by atoms with Crippen molar-refractivity contribution in [3.63, 3.8) is 0 Å². The molecular weight excluding hydrogens is 548 g/mol. The van der Waals surface area contributed by atoms with Gasteiger partial charge in [0, 0.05) is 47.9 Å². The van der Waals surface area contributed by atoms with E-state index in [9.17, 15) is 9.90 Å². The quantitative estimate of drug-likeness (QED) is 0.269. The SMILES string of the molecule is C=CC(=O)N1CCN(C2=NC3O[C@H](CC)c4ccccc4N3c3cc(-c4cc(O)cc5ccccc45)c(Cl)cc32)CC1. The molecule has 7 rings (SSSR count). The highest BCUT2D eigenvalue weighted by atomic mass is 35.5. The van der Waals surface area contributed by atoms with Crippen LogP contribution >= 0.6 is 11.6 Å². The number of rotatable bonds is 3. The number of para-hydroxylation sites is 1. The molecule has 0 aliphatic carbocycles. The number of nitrogens with zero attached hydrogens (tertiary/aromatic N) is 4. The minimum atomic E-state index is -0.560. The predicted octanol–water partition coefficient (Wildman–Crippen LogP) is 6.86. The van der Waals surface area contributed by atoms with Crippen LogP contribution < -0.4 is 4.90 Å². The lowest BCUT2D eigenvalue weighted by Gasteiger charge is -2.45. The first kappa shape index (κ1) is 26.6. The molecule has 8 heteroatoms. The molecule has 1 N–H and O–H groups in total. The highest BCUT2D eigenvalue weighted by Gasteiger charge is 2.40. The van der Waals surface area contributed by atoms with Gasteiger partial charge in [-0.05, 0) is 59.2 Å². The van der Waals surface area contributed by atoms with Gasteiger partial charge in [-0.3, -0.25) is 9.69 Å². The Morgan fingerprint density at radius 1 is 1.00 bits per heavy atom. The van der Waals surface area contributed by atoms with E-state index in [0.29, 0.717) is 31.2 Å². The van der Waals surface area contributed by atoms with Crippen molar-refractivity contribution in [2.45, 2.75) is 25.8 Å². The first-order chi connectivity index (χ1) is 20.5. The Morgan fingerprint density at radius 3 is 2.55 bits per heavy atom. The van der Waals surface area contributed by atoms with E-state index in [1.54, 1.807) is 12.1 Å². The zero-order valence-corrected chi connectivity index (χ0v) is 24.1. The van der Waals surface area contributed by atoms with E-state index < -0.39 is 6.35 Å². The van der Waals surface area contributed by atoms with E-state index >= 15 is 0 Å². The summed E-state index contributed by atoms with van der Waals surface area (Å²) in [5.74, 6) is 0.929. The van der Waals surface area contributed by atoms with Crippen LogP contribution in [0.4, 0.5) is 11.4 Å². The van der Waals surface area contributed by atoms with E-state index in [-0.39, 0.29) is 17.8 Å². The van der Waals surface area contributed by atoms with Crippen LogP contribution in [0.5, 0.6) is 5.75 Å². The minimum absolute atomic E-state index is 0.0594. The summed E-state index contributed by atoms with van der Waals surface area (Å²) in [6, 6.07) is 23.9. The zero-order chi connectivity index (χ0) is 29.0. The second-order valence-electron chi connectivity index (χ2n) is 10.8. The monoisotopic (exact) mass is 578 g/mol. The van der Waals surface area contributed by atoms with Gasteiger partial charge >= 0.3 is 0 Å². The number of amidine groups is 1. The molecule has 0 spiro atoms. The Hall–Kier alpha value is -4.33.